The molecule has 0 unspecified atom stereocenters. The van der Waals surface area contributed by atoms with Crippen molar-refractivity contribution in [1.82, 2.24) is 16.0 Å². The Morgan fingerprint density at radius 2 is 2.00 bits per heavy atom. The summed E-state index contributed by atoms with van der Waals surface area (Å²) in [4.78, 5) is 16.0. The lowest BCUT2D eigenvalue weighted by Gasteiger charge is -2.06. The van der Waals surface area contributed by atoms with Crippen LogP contribution in [-0.4, -0.2) is 37.9 Å². The minimum atomic E-state index is 0.0332. The molecule has 3 N–H and O–H groups in total. The molecule has 5 nitrogen and oxygen atoms in total. The first-order valence-corrected chi connectivity index (χ1v) is 8.12. The van der Waals surface area contributed by atoms with Gasteiger partial charge in [0.1, 0.15) is 0 Å². The van der Waals surface area contributed by atoms with Gasteiger partial charge in [0, 0.05) is 13.1 Å². The molecule has 0 aromatic heterocycles. The van der Waals surface area contributed by atoms with Crippen LogP contribution in [0.2, 0.25) is 0 Å². The van der Waals surface area contributed by atoms with E-state index < -0.39 is 0 Å². The van der Waals surface area contributed by atoms with E-state index in [-0.39, 0.29) is 5.91 Å². The summed E-state index contributed by atoms with van der Waals surface area (Å²) in [6.45, 7) is 6.39. The highest BCUT2D eigenvalue weighted by Crippen LogP contribution is 1.97. The molecule has 1 aromatic rings. The van der Waals surface area contributed by atoms with Gasteiger partial charge in [-0.2, -0.15) is 0 Å². The summed E-state index contributed by atoms with van der Waals surface area (Å²) in [7, 11) is 0. The Morgan fingerprint density at radius 3 is 2.74 bits per heavy atom. The molecule has 126 valence electrons. The number of aliphatic imine (C=N–C) groups is 1. The number of nitrogens with zero attached hydrogens (tertiary/aromatic N) is 1. The Labute approximate surface area is 139 Å². The van der Waals surface area contributed by atoms with Crippen molar-refractivity contribution in [3.63, 3.8) is 0 Å². The molecule has 0 saturated carbocycles. The average molecular weight is 316 g/mol. The number of nitrogens with one attached hydrogen (secondary N) is 3. The summed E-state index contributed by atoms with van der Waals surface area (Å²) in [5, 5.41) is 9.10. The van der Waals surface area contributed by atoms with Crippen molar-refractivity contribution in [3.05, 3.63) is 48.2 Å². The van der Waals surface area contributed by atoms with Gasteiger partial charge in [-0.3, -0.25) is 9.79 Å². The highest BCUT2D eigenvalue weighted by molar-refractivity contribution is 5.80. The zero-order chi connectivity index (χ0) is 16.8. The molecule has 1 aromatic carbocycles. The Kier molecular flexibility index (Phi) is 10.2. The standard InChI is InChI=1S/C18H28N4O/c1-3-11-20-16(2)21-12-7-13-22-18(23)15-19-14-10-17-8-5-4-6-9-17/h3-6,8-9,11,19H,7,10,12-15H2,1-2H3,(H,20,21)(H,22,23). The molecule has 0 atom stereocenters. The maximum Gasteiger partial charge on any atom is 0.233 e. The number of carbonyl (C=O) groups is 1. The van der Waals surface area contributed by atoms with Crippen molar-refractivity contribution in [2.24, 2.45) is 4.99 Å². The zero-order valence-electron chi connectivity index (χ0n) is 14.1. The number of benzene rings is 1. The molecule has 5 heteroatoms. The summed E-state index contributed by atoms with van der Waals surface area (Å²) in [5.74, 6) is 0.919. The second kappa shape index (κ2) is 12.4. The van der Waals surface area contributed by atoms with E-state index >= 15 is 0 Å². The van der Waals surface area contributed by atoms with Gasteiger partial charge in [0.15, 0.2) is 0 Å². The second-order valence-electron chi connectivity index (χ2n) is 5.23. The van der Waals surface area contributed by atoms with Crippen LogP contribution in [-0.2, 0) is 11.2 Å². The van der Waals surface area contributed by atoms with Crippen molar-refractivity contribution in [2.45, 2.75) is 26.7 Å². The number of allylic oxidation sites excluding steroid dienone is 1. The molecule has 0 aliphatic rings. The third-order valence-corrected chi connectivity index (χ3v) is 3.18. The number of amidine groups is 1. The number of hydrogen-bond donors (Lipinski definition) is 3. The minimum absolute atomic E-state index is 0.0332. The number of amides is 1. The lowest BCUT2D eigenvalue weighted by atomic mass is 10.1. The predicted octanol–water partition coefficient (Wildman–Crippen LogP) is 1.87. The maximum absolute atomic E-state index is 11.7. The average Bonchev–Trinajstić information content (AvgIpc) is 2.57. The van der Waals surface area contributed by atoms with Gasteiger partial charge in [-0.05, 0) is 45.0 Å². The molecule has 1 amide bonds. The molecule has 0 heterocycles. The SMILES string of the molecule is CC=CNC(C)=NCCCNC(=O)CNCCc1ccccc1. The molecule has 0 aliphatic carbocycles. The molecular formula is C18H28N4O. The van der Waals surface area contributed by atoms with Crippen molar-refractivity contribution >= 4 is 11.7 Å². The van der Waals surface area contributed by atoms with Gasteiger partial charge < -0.3 is 16.0 Å². The lowest BCUT2D eigenvalue weighted by molar-refractivity contribution is -0.120. The largest absolute Gasteiger partial charge is 0.355 e. The molecule has 0 bridgehead atoms. The number of carbonyl (C=O) groups excluding carboxylic acids is 1. The van der Waals surface area contributed by atoms with Gasteiger partial charge in [-0.25, -0.2) is 0 Å². The monoisotopic (exact) mass is 316 g/mol. The first kappa shape index (κ1) is 18.9. The van der Waals surface area contributed by atoms with E-state index in [0.717, 1.165) is 25.2 Å². The zero-order valence-corrected chi connectivity index (χ0v) is 14.1. The van der Waals surface area contributed by atoms with E-state index in [1.807, 2.05) is 44.3 Å². The van der Waals surface area contributed by atoms with Crippen LogP contribution in [0, 0.1) is 0 Å². The third-order valence-electron chi connectivity index (χ3n) is 3.18. The van der Waals surface area contributed by atoms with E-state index in [4.69, 9.17) is 0 Å². The van der Waals surface area contributed by atoms with Crippen LogP contribution in [0.3, 0.4) is 0 Å². The fourth-order valence-corrected chi connectivity index (χ4v) is 1.95. The molecular weight excluding hydrogens is 288 g/mol. The summed E-state index contributed by atoms with van der Waals surface area (Å²) in [6.07, 6.45) is 5.54. The van der Waals surface area contributed by atoms with Crippen LogP contribution in [0.4, 0.5) is 0 Å². The van der Waals surface area contributed by atoms with E-state index in [9.17, 15) is 4.79 Å². The van der Waals surface area contributed by atoms with E-state index in [0.29, 0.717) is 19.6 Å². The summed E-state index contributed by atoms with van der Waals surface area (Å²) >= 11 is 0. The van der Waals surface area contributed by atoms with Crippen molar-refractivity contribution in [2.75, 3.05) is 26.2 Å². The molecule has 0 spiro atoms. The molecule has 0 aliphatic heterocycles. The van der Waals surface area contributed by atoms with Crippen LogP contribution in [0.25, 0.3) is 0 Å². The third kappa shape index (κ3) is 10.3. The Balaban J connectivity index is 2.00. The van der Waals surface area contributed by atoms with Crippen molar-refractivity contribution in [3.8, 4) is 0 Å². The topological polar surface area (TPSA) is 65.5 Å². The van der Waals surface area contributed by atoms with E-state index in [1.165, 1.54) is 5.56 Å². The van der Waals surface area contributed by atoms with Crippen LogP contribution in [0.1, 0.15) is 25.8 Å². The van der Waals surface area contributed by atoms with Crippen LogP contribution < -0.4 is 16.0 Å². The number of hydrogen-bond acceptors (Lipinski definition) is 3. The first-order chi connectivity index (χ1) is 11.2. The molecule has 23 heavy (non-hydrogen) atoms. The van der Waals surface area contributed by atoms with Gasteiger partial charge in [0.05, 0.1) is 12.4 Å². The van der Waals surface area contributed by atoms with E-state index in [1.54, 1.807) is 0 Å². The van der Waals surface area contributed by atoms with Crippen LogP contribution in [0.5, 0.6) is 0 Å². The van der Waals surface area contributed by atoms with Crippen LogP contribution >= 0.6 is 0 Å². The molecule has 0 saturated heterocycles. The lowest BCUT2D eigenvalue weighted by Crippen LogP contribution is -2.35. The fourth-order valence-electron chi connectivity index (χ4n) is 1.95. The fraction of sp³-hybridized carbons (Fsp3) is 0.444. The van der Waals surface area contributed by atoms with Gasteiger partial charge in [-0.1, -0.05) is 36.4 Å². The van der Waals surface area contributed by atoms with Gasteiger partial charge in [0.2, 0.25) is 5.91 Å². The van der Waals surface area contributed by atoms with Gasteiger partial charge in [0.25, 0.3) is 0 Å². The maximum atomic E-state index is 11.7. The summed E-state index contributed by atoms with van der Waals surface area (Å²) in [5.41, 5.74) is 1.28. The Hall–Kier alpha value is -2.14. The normalized spacial score (nSPS) is 11.7. The molecule has 0 radical (unpaired) electrons. The predicted molar refractivity (Wildman–Crippen MR) is 96.6 cm³/mol. The minimum Gasteiger partial charge on any atom is -0.355 e. The van der Waals surface area contributed by atoms with Crippen molar-refractivity contribution in [1.29, 1.82) is 0 Å². The summed E-state index contributed by atoms with van der Waals surface area (Å²) in [6, 6.07) is 10.2. The van der Waals surface area contributed by atoms with Gasteiger partial charge >= 0.3 is 0 Å². The van der Waals surface area contributed by atoms with E-state index in [2.05, 4.69) is 33.1 Å². The number of rotatable bonds is 10. The highest BCUT2D eigenvalue weighted by Gasteiger charge is 1.99. The molecule has 1 rings (SSSR count). The summed E-state index contributed by atoms with van der Waals surface area (Å²) < 4.78 is 0. The Morgan fingerprint density at radius 1 is 1.22 bits per heavy atom. The highest BCUT2D eigenvalue weighted by atomic mass is 16.1. The van der Waals surface area contributed by atoms with Crippen molar-refractivity contribution < 1.29 is 4.79 Å². The van der Waals surface area contributed by atoms with Crippen LogP contribution in [0.15, 0.2) is 47.6 Å². The molecule has 0 fully saturated rings. The van der Waals surface area contributed by atoms with Gasteiger partial charge in [-0.15, -0.1) is 0 Å². The quantitative estimate of drug-likeness (QED) is 0.351. The first-order valence-electron chi connectivity index (χ1n) is 8.12. The second-order valence-corrected chi connectivity index (χ2v) is 5.23. The Bertz CT molecular complexity index is 497. The smallest absolute Gasteiger partial charge is 0.233 e.